The Morgan fingerprint density at radius 1 is 1.15 bits per heavy atom. The minimum absolute atomic E-state index is 0.688. The molecule has 1 aromatic carbocycles. The van der Waals surface area contributed by atoms with Crippen molar-refractivity contribution >= 4 is 11.0 Å². The lowest BCUT2D eigenvalue weighted by Crippen LogP contribution is -2.25. The summed E-state index contributed by atoms with van der Waals surface area (Å²) in [5.74, 6) is 2.61. The molecular formula is C17H27N3. The number of imidazole rings is 1. The maximum atomic E-state index is 4.74. The van der Waals surface area contributed by atoms with Crippen molar-refractivity contribution < 1.29 is 0 Å². The molecule has 20 heavy (non-hydrogen) atoms. The van der Waals surface area contributed by atoms with Gasteiger partial charge in [-0.25, -0.2) is 4.98 Å². The molecule has 0 saturated carbocycles. The first-order valence-electron chi connectivity index (χ1n) is 7.69. The van der Waals surface area contributed by atoms with Gasteiger partial charge in [0.1, 0.15) is 5.82 Å². The SMILES string of the molecule is CC(C)CNCC(C)CCc1nc2ccccc2n1C. The number of hydrogen-bond acceptors (Lipinski definition) is 2. The molecule has 1 heterocycles. The summed E-state index contributed by atoms with van der Waals surface area (Å²) in [6.45, 7) is 9.02. The number of aromatic nitrogens is 2. The third-order valence-electron chi connectivity index (χ3n) is 3.79. The van der Waals surface area contributed by atoms with Crippen LogP contribution in [0.25, 0.3) is 11.0 Å². The van der Waals surface area contributed by atoms with Crippen LogP contribution in [0.5, 0.6) is 0 Å². The monoisotopic (exact) mass is 273 g/mol. The van der Waals surface area contributed by atoms with E-state index in [9.17, 15) is 0 Å². The Labute approximate surface area is 122 Å². The van der Waals surface area contributed by atoms with Crippen LogP contribution in [0.2, 0.25) is 0 Å². The summed E-state index contributed by atoms with van der Waals surface area (Å²) in [5, 5.41) is 3.53. The molecule has 0 fully saturated rings. The first kappa shape index (κ1) is 15.0. The van der Waals surface area contributed by atoms with Gasteiger partial charge in [0.2, 0.25) is 0 Å². The largest absolute Gasteiger partial charge is 0.331 e. The van der Waals surface area contributed by atoms with Crippen molar-refractivity contribution in [1.29, 1.82) is 0 Å². The molecule has 2 rings (SSSR count). The highest BCUT2D eigenvalue weighted by Gasteiger charge is 2.09. The molecule has 1 N–H and O–H groups in total. The standard InChI is InChI=1S/C17H27N3/c1-13(2)11-18-12-14(3)9-10-17-19-15-7-5-6-8-16(15)20(17)4/h5-8,13-14,18H,9-12H2,1-4H3. The van der Waals surface area contributed by atoms with E-state index in [0.717, 1.165) is 30.9 Å². The van der Waals surface area contributed by atoms with Gasteiger partial charge in [0, 0.05) is 13.5 Å². The van der Waals surface area contributed by atoms with E-state index >= 15 is 0 Å². The number of rotatable bonds is 7. The van der Waals surface area contributed by atoms with E-state index in [1.54, 1.807) is 0 Å². The van der Waals surface area contributed by atoms with Crippen LogP contribution in [0.15, 0.2) is 24.3 Å². The summed E-state index contributed by atoms with van der Waals surface area (Å²) >= 11 is 0. The van der Waals surface area contributed by atoms with Gasteiger partial charge in [-0.15, -0.1) is 0 Å². The third kappa shape index (κ3) is 3.83. The van der Waals surface area contributed by atoms with Gasteiger partial charge in [0.05, 0.1) is 11.0 Å². The van der Waals surface area contributed by atoms with Crippen LogP contribution in [-0.4, -0.2) is 22.6 Å². The molecule has 3 heteroatoms. The maximum Gasteiger partial charge on any atom is 0.109 e. The highest BCUT2D eigenvalue weighted by molar-refractivity contribution is 5.75. The van der Waals surface area contributed by atoms with Crippen LogP contribution in [0.3, 0.4) is 0 Å². The molecule has 1 atom stereocenters. The summed E-state index contributed by atoms with van der Waals surface area (Å²) in [6.07, 6.45) is 2.23. The van der Waals surface area contributed by atoms with Crippen LogP contribution >= 0.6 is 0 Å². The fourth-order valence-corrected chi connectivity index (χ4v) is 2.51. The average molecular weight is 273 g/mol. The van der Waals surface area contributed by atoms with Crippen LogP contribution in [0.4, 0.5) is 0 Å². The van der Waals surface area contributed by atoms with Crippen molar-refractivity contribution in [2.75, 3.05) is 13.1 Å². The van der Waals surface area contributed by atoms with Crippen molar-refractivity contribution in [3.8, 4) is 0 Å². The van der Waals surface area contributed by atoms with E-state index in [1.165, 1.54) is 17.8 Å². The van der Waals surface area contributed by atoms with E-state index in [0.29, 0.717) is 5.92 Å². The Morgan fingerprint density at radius 3 is 2.60 bits per heavy atom. The summed E-state index contributed by atoms with van der Waals surface area (Å²) in [7, 11) is 2.12. The Balaban J connectivity index is 1.87. The normalized spacial score (nSPS) is 13.2. The summed E-state index contributed by atoms with van der Waals surface area (Å²) in [5.41, 5.74) is 2.34. The van der Waals surface area contributed by atoms with Crippen molar-refractivity contribution in [3.63, 3.8) is 0 Å². The predicted molar refractivity (Wildman–Crippen MR) is 85.9 cm³/mol. The fraction of sp³-hybridized carbons (Fsp3) is 0.588. The molecule has 0 radical (unpaired) electrons. The molecule has 0 amide bonds. The molecule has 0 bridgehead atoms. The Morgan fingerprint density at radius 2 is 1.90 bits per heavy atom. The Kier molecular flexibility index (Phi) is 5.18. The van der Waals surface area contributed by atoms with Gasteiger partial charge in [0.15, 0.2) is 0 Å². The zero-order valence-corrected chi connectivity index (χ0v) is 13.2. The molecule has 3 nitrogen and oxygen atoms in total. The summed E-state index contributed by atoms with van der Waals surface area (Å²) in [6, 6.07) is 8.36. The molecule has 1 aromatic heterocycles. The Hall–Kier alpha value is -1.35. The zero-order valence-electron chi connectivity index (χ0n) is 13.2. The molecule has 0 aliphatic heterocycles. The second-order valence-corrected chi connectivity index (χ2v) is 6.27. The highest BCUT2D eigenvalue weighted by Crippen LogP contribution is 2.16. The second kappa shape index (κ2) is 6.89. The number of benzene rings is 1. The van der Waals surface area contributed by atoms with E-state index in [-0.39, 0.29) is 0 Å². The van der Waals surface area contributed by atoms with Crippen LogP contribution in [0.1, 0.15) is 33.0 Å². The van der Waals surface area contributed by atoms with E-state index in [2.05, 4.69) is 62.0 Å². The molecule has 0 aliphatic carbocycles. The lowest BCUT2D eigenvalue weighted by molar-refractivity contribution is 0.449. The van der Waals surface area contributed by atoms with Gasteiger partial charge in [-0.05, 0) is 43.5 Å². The minimum Gasteiger partial charge on any atom is -0.331 e. The molecule has 0 aliphatic rings. The topological polar surface area (TPSA) is 29.9 Å². The van der Waals surface area contributed by atoms with Crippen LogP contribution in [0, 0.1) is 11.8 Å². The molecule has 2 aromatic rings. The van der Waals surface area contributed by atoms with E-state index < -0.39 is 0 Å². The van der Waals surface area contributed by atoms with Crippen LogP contribution < -0.4 is 5.32 Å². The van der Waals surface area contributed by atoms with Crippen molar-refractivity contribution in [1.82, 2.24) is 14.9 Å². The first-order valence-corrected chi connectivity index (χ1v) is 7.69. The molecule has 110 valence electrons. The summed E-state index contributed by atoms with van der Waals surface area (Å²) < 4.78 is 2.23. The maximum absolute atomic E-state index is 4.74. The molecule has 1 unspecified atom stereocenters. The molecule has 0 saturated heterocycles. The number of hydrogen-bond donors (Lipinski definition) is 1. The van der Waals surface area contributed by atoms with Crippen molar-refractivity contribution in [2.45, 2.75) is 33.6 Å². The number of para-hydroxylation sites is 2. The number of aryl methyl sites for hydroxylation is 2. The lowest BCUT2D eigenvalue weighted by atomic mass is 10.1. The van der Waals surface area contributed by atoms with Gasteiger partial charge in [-0.1, -0.05) is 32.9 Å². The zero-order chi connectivity index (χ0) is 14.5. The second-order valence-electron chi connectivity index (χ2n) is 6.27. The van der Waals surface area contributed by atoms with E-state index in [1.807, 2.05) is 0 Å². The predicted octanol–water partition coefficient (Wildman–Crippen LogP) is 3.39. The van der Waals surface area contributed by atoms with Gasteiger partial charge >= 0.3 is 0 Å². The highest BCUT2D eigenvalue weighted by atomic mass is 15.1. The number of nitrogens with zero attached hydrogens (tertiary/aromatic N) is 2. The third-order valence-corrected chi connectivity index (χ3v) is 3.79. The first-order chi connectivity index (χ1) is 9.58. The number of nitrogens with one attached hydrogen (secondary N) is 1. The molecular weight excluding hydrogens is 246 g/mol. The van der Waals surface area contributed by atoms with Crippen molar-refractivity contribution in [3.05, 3.63) is 30.1 Å². The minimum atomic E-state index is 0.688. The smallest absolute Gasteiger partial charge is 0.109 e. The van der Waals surface area contributed by atoms with Gasteiger partial charge in [-0.2, -0.15) is 0 Å². The average Bonchev–Trinajstić information content (AvgIpc) is 2.73. The van der Waals surface area contributed by atoms with Crippen LogP contribution in [-0.2, 0) is 13.5 Å². The summed E-state index contributed by atoms with van der Waals surface area (Å²) in [4.78, 5) is 4.74. The Bertz CT molecular complexity index is 542. The van der Waals surface area contributed by atoms with Gasteiger partial charge < -0.3 is 9.88 Å². The molecule has 0 spiro atoms. The van der Waals surface area contributed by atoms with Crippen molar-refractivity contribution in [2.24, 2.45) is 18.9 Å². The van der Waals surface area contributed by atoms with Gasteiger partial charge in [0.25, 0.3) is 0 Å². The number of fused-ring (bicyclic) bond motifs is 1. The van der Waals surface area contributed by atoms with E-state index in [4.69, 9.17) is 4.98 Å². The fourth-order valence-electron chi connectivity index (χ4n) is 2.51. The quantitative estimate of drug-likeness (QED) is 0.838. The lowest BCUT2D eigenvalue weighted by Gasteiger charge is -2.13. The van der Waals surface area contributed by atoms with Gasteiger partial charge in [-0.3, -0.25) is 0 Å².